The first-order valence-corrected chi connectivity index (χ1v) is 6.13. The van der Waals surface area contributed by atoms with E-state index in [1.807, 2.05) is 12.1 Å². The summed E-state index contributed by atoms with van der Waals surface area (Å²) in [6, 6.07) is 7.18. The minimum absolute atomic E-state index is 0.0557. The molecule has 1 aliphatic rings. The second kappa shape index (κ2) is 4.76. The number of amides is 1. The quantitative estimate of drug-likeness (QED) is 0.888. The van der Waals surface area contributed by atoms with Crippen LogP contribution in [-0.4, -0.2) is 38.3 Å². The molecule has 7 nitrogen and oxygen atoms in total. The van der Waals surface area contributed by atoms with Gasteiger partial charge in [-0.15, -0.1) is 0 Å². The van der Waals surface area contributed by atoms with Crippen LogP contribution in [0.2, 0.25) is 0 Å². The third-order valence-corrected chi connectivity index (χ3v) is 3.32. The number of carbonyl (C=O) groups is 2. The van der Waals surface area contributed by atoms with E-state index in [1.165, 1.54) is 11.2 Å². The molecule has 0 radical (unpaired) electrons. The third kappa shape index (κ3) is 2.13. The first-order chi connectivity index (χ1) is 9.65. The molecule has 1 amide bonds. The van der Waals surface area contributed by atoms with Crippen molar-refractivity contribution < 1.29 is 14.7 Å². The van der Waals surface area contributed by atoms with Crippen LogP contribution in [-0.2, 0) is 9.59 Å². The lowest BCUT2D eigenvalue weighted by Crippen LogP contribution is -2.25. The number of aromatic nitrogens is 3. The summed E-state index contributed by atoms with van der Waals surface area (Å²) in [4.78, 5) is 28.1. The number of carboxylic acid groups (broad SMARTS) is 1. The molecule has 7 heteroatoms. The average molecular weight is 272 g/mol. The van der Waals surface area contributed by atoms with Crippen molar-refractivity contribution in [1.29, 1.82) is 0 Å². The molecule has 2 aromatic rings. The standard InChI is InChI=1S/C13H12N4O3/c18-12-5-9(13(19)20)6-16(12)10-1-3-11(4-2-10)17-8-14-7-15-17/h1-4,7-9H,5-6H2,(H,19,20)/t9-/m1/s1. The number of hydrogen-bond acceptors (Lipinski definition) is 4. The number of benzene rings is 1. The Morgan fingerprint density at radius 1 is 1.25 bits per heavy atom. The lowest BCUT2D eigenvalue weighted by molar-refractivity contribution is -0.141. The first kappa shape index (κ1) is 12.3. The van der Waals surface area contributed by atoms with E-state index in [2.05, 4.69) is 10.1 Å². The summed E-state index contributed by atoms with van der Waals surface area (Å²) in [5.41, 5.74) is 1.52. The molecule has 0 saturated carbocycles. The zero-order chi connectivity index (χ0) is 14.1. The Bertz CT molecular complexity index is 636. The van der Waals surface area contributed by atoms with Crippen LogP contribution in [0.3, 0.4) is 0 Å². The van der Waals surface area contributed by atoms with Gasteiger partial charge in [0.1, 0.15) is 12.7 Å². The number of carbonyl (C=O) groups excluding carboxylic acids is 1. The third-order valence-electron chi connectivity index (χ3n) is 3.32. The number of aliphatic carboxylic acids is 1. The molecule has 0 unspecified atom stereocenters. The van der Waals surface area contributed by atoms with Crippen molar-refractivity contribution in [3.05, 3.63) is 36.9 Å². The summed E-state index contributed by atoms with van der Waals surface area (Å²) < 4.78 is 1.61. The van der Waals surface area contributed by atoms with Gasteiger partial charge in [0.15, 0.2) is 0 Å². The zero-order valence-corrected chi connectivity index (χ0v) is 10.5. The van der Waals surface area contributed by atoms with Gasteiger partial charge in [-0.3, -0.25) is 9.59 Å². The van der Waals surface area contributed by atoms with Crippen molar-refractivity contribution in [3.8, 4) is 5.69 Å². The molecule has 0 bridgehead atoms. The van der Waals surface area contributed by atoms with Gasteiger partial charge in [-0.25, -0.2) is 9.67 Å². The fraction of sp³-hybridized carbons (Fsp3) is 0.231. The van der Waals surface area contributed by atoms with Crippen molar-refractivity contribution in [2.24, 2.45) is 5.92 Å². The predicted molar refractivity (Wildman–Crippen MR) is 69.5 cm³/mol. The second-order valence-electron chi connectivity index (χ2n) is 4.60. The van der Waals surface area contributed by atoms with Crippen LogP contribution in [0, 0.1) is 5.92 Å². The molecule has 1 aliphatic heterocycles. The van der Waals surface area contributed by atoms with Crippen LogP contribution in [0.4, 0.5) is 5.69 Å². The maximum atomic E-state index is 11.8. The Morgan fingerprint density at radius 3 is 2.50 bits per heavy atom. The molecule has 0 spiro atoms. The monoisotopic (exact) mass is 272 g/mol. The van der Waals surface area contributed by atoms with Gasteiger partial charge in [0.25, 0.3) is 0 Å². The minimum Gasteiger partial charge on any atom is -0.481 e. The molecule has 20 heavy (non-hydrogen) atoms. The van der Waals surface area contributed by atoms with Crippen molar-refractivity contribution in [3.63, 3.8) is 0 Å². The van der Waals surface area contributed by atoms with Crippen LogP contribution >= 0.6 is 0 Å². The summed E-state index contributed by atoms with van der Waals surface area (Å²) in [6.07, 6.45) is 3.08. The van der Waals surface area contributed by atoms with E-state index in [4.69, 9.17) is 5.11 Å². The van der Waals surface area contributed by atoms with Crippen LogP contribution in [0.1, 0.15) is 6.42 Å². The Balaban J connectivity index is 1.82. The summed E-state index contributed by atoms with van der Waals surface area (Å²) in [5, 5.41) is 13.0. The smallest absolute Gasteiger partial charge is 0.308 e. The van der Waals surface area contributed by atoms with Gasteiger partial charge in [-0.05, 0) is 24.3 Å². The molecule has 1 N–H and O–H groups in total. The predicted octanol–water partition coefficient (Wildman–Crippen LogP) is 0.705. The van der Waals surface area contributed by atoms with Gasteiger partial charge in [0, 0.05) is 18.7 Å². The highest BCUT2D eigenvalue weighted by molar-refractivity contribution is 5.99. The van der Waals surface area contributed by atoms with Gasteiger partial charge < -0.3 is 10.0 Å². The number of anilines is 1. The zero-order valence-electron chi connectivity index (χ0n) is 10.5. The maximum Gasteiger partial charge on any atom is 0.308 e. The van der Waals surface area contributed by atoms with Gasteiger partial charge in [0.05, 0.1) is 11.6 Å². The van der Waals surface area contributed by atoms with Gasteiger partial charge >= 0.3 is 5.97 Å². The Hall–Kier alpha value is -2.70. The van der Waals surface area contributed by atoms with Crippen molar-refractivity contribution in [2.75, 3.05) is 11.4 Å². The Labute approximate surface area is 114 Å². The molecular formula is C13H12N4O3. The minimum atomic E-state index is -0.930. The first-order valence-electron chi connectivity index (χ1n) is 6.13. The van der Waals surface area contributed by atoms with Crippen LogP contribution < -0.4 is 4.90 Å². The van der Waals surface area contributed by atoms with Gasteiger partial charge in [-0.2, -0.15) is 5.10 Å². The maximum absolute atomic E-state index is 11.8. The molecule has 1 atom stereocenters. The number of nitrogens with zero attached hydrogens (tertiary/aromatic N) is 4. The van der Waals surface area contributed by atoms with Crippen LogP contribution in [0.15, 0.2) is 36.9 Å². The molecule has 1 aromatic carbocycles. The topological polar surface area (TPSA) is 88.3 Å². The number of rotatable bonds is 3. The van der Waals surface area contributed by atoms with Gasteiger partial charge in [-0.1, -0.05) is 0 Å². The van der Waals surface area contributed by atoms with Crippen LogP contribution in [0.5, 0.6) is 0 Å². The fourth-order valence-corrected chi connectivity index (χ4v) is 2.25. The molecule has 1 fully saturated rings. The summed E-state index contributed by atoms with van der Waals surface area (Å²) >= 11 is 0. The Kier molecular flexibility index (Phi) is 2.94. The number of carboxylic acids is 1. The summed E-state index contributed by atoms with van der Waals surface area (Å²) in [7, 11) is 0. The van der Waals surface area contributed by atoms with E-state index >= 15 is 0 Å². The highest BCUT2D eigenvalue weighted by Gasteiger charge is 2.34. The molecule has 102 valence electrons. The Morgan fingerprint density at radius 2 is 1.95 bits per heavy atom. The summed E-state index contributed by atoms with van der Waals surface area (Å²) in [5.74, 6) is -1.72. The van der Waals surface area contributed by atoms with Crippen molar-refractivity contribution >= 4 is 17.6 Å². The molecule has 2 heterocycles. The van der Waals surface area contributed by atoms with E-state index in [-0.39, 0.29) is 18.9 Å². The SMILES string of the molecule is O=C(O)[C@@H]1CC(=O)N(c2ccc(-n3cncn3)cc2)C1. The molecule has 3 rings (SSSR count). The average Bonchev–Trinajstić information content (AvgIpc) is 3.08. The lowest BCUT2D eigenvalue weighted by atomic mass is 10.1. The summed E-state index contributed by atoms with van der Waals surface area (Å²) in [6.45, 7) is 0.219. The molecule has 1 aromatic heterocycles. The highest BCUT2D eigenvalue weighted by Crippen LogP contribution is 2.25. The van der Waals surface area contributed by atoms with Gasteiger partial charge in [0.2, 0.25) is 5.91 Å². The molecule has 1 saturated heterocycles. The van der Waals surface area contributed by atoms with E-state index in [9.17, 15) is 9.59 Å². The highest BCUT2D eigenvalue weighted by atomic mass is 16.4. The molecular weight excluding hydrogens is 260 g/mol. The largest absolute Gasteiger partial charge is 0.481 e. The second-order valence-corrected chi connectivity index (χ2v) is 4.60. The van der Waals surface area contributed by atoms with Crippen LogP contribution in [0.25, 0.3) is 5.69 Å². The van der Waals surface area contributed by atoms with E-state index in [0.29, 0.717) is 5.69 Å². The van der Waals surface area contributed by atoms with Crippen molar-refractivity contribution in [1.82, 2.24) is 14.8 Å². The van der Waals surface area contributed by atoms with E-state index in [1.54, 1.807) is 23.1 Å². The fourth-order valence-electron chi connectivity index (χ4n) is 2.25. The lowest BCUT2D eigenvalue weighted by Gasteiger charge is -2.16. The molecule has 0 aliphatic carbocycles. The normalized spacial score (nSPS) is 18.5. The number of hydrogen-bond donors (Lipinski definition) is 1. The van der Waals surface area contributed by atoms with Crippen molar-refractivity contribution in [2.45, 2.75) is 6.42 Å². The van der Waals surface area contributed by atoms with E-state index in [0.717, 1.165) is 5.69 Å². The van der Waals surface area contributed by atoms with E-state index < -0.39 is 11.9 Å².